The molecule has 1 heterocycles. The van der Waals surface area contributed by atoms with Crippen molar-refractivity contribution in [3.05, 3.63) is 36.0 Å². The lowest BCUT2D eigenvalue weighted by molar-refractivity contribution is -0.132. The lowest BCUT2D eigenvalue weighted by Gasteiger charge is -2.23. The molecule has 1 atom stereocenters. The molecule has 0 bridgehead atoms. The number of carbonyl (C=O) groups is 2. The van der Waals surface area contributed by atoms with Crippen LogP contribution in [0.3, 0.4) is 0 Å². The molecule has 2 N–H and O–H groups in total. The molecule has 3 rings (SSSR count). The van der Waals surface area contributed by atoms with Crippen molar-refractivity contribution >= 4 is 22.6 Å². The van der Waals surface area contributed by atoms with E-state index in [4.69, 9.17) is 0 Å². The van der Waals surface area contributed by atoms with Crippen molar-refractivity contribution in [2.24, 2.45) is 5.92 Å². The fourth-order valence-corrected chi connectivity index (χ4v) is 3.55. The molecular formula is C20H23N3O2. The zero-order chi connectivity index (χ0) is 17.6. The SMILES string of the molecule is N#C[C@@H](C(=O)CCc1c[nH]c2ccccc12)C(=O)NC1CCCCC1. The van der Waals surface area contributed by atoms with Crippen LogP contribution in [-0.4, -0.2) is 22.7 Å². The van der Waals surface area contributed by atoms with Gasteiger partial charge in [0.25, 0.3) is 0 Å². The lowest BCUT2D eigenvalue weighted by Crippen LogP contribution is -2.42. The molecular weight excluding hydrogens is 314 g/mol. The molecule has 1 saturated carbocycles. The average Bonchev–Trinajstić information content (AvgIpc) is 3.04. The molecule has 5 heteroatoms. The number of nitrogens with one attached hydrogen (secondary N) is 2. The fraction of sp³-hybridized carbons (Fsp3) is 0.450. The number of para-hydroxylation sites is 1. The predicted octanol–water partition coefficient (Wildman–Crippen LogP) is 3.26. The smallest absolute Gasteiger partial charge is 0.245 e. The molecule has 25 heavy (non-hydrogen) atoms. The minimum atomic E-state index is -1.20. The number of H-pyrrole nitrogens is 1. The van der Waals surface area contributed by atoms with Gasteiger partial charge in [0.15, 0.2) is 11.7 Å². The van der Waals surface area contributed by atoms with Crippen molar-refractivity contribution < 1.29 is 9.59 Å². The van der Waals surface area contributed by atoms with Crippen molar-refractivity contribution in [3.8, 4) is 6.07 Å². The molecule has 1 aliphatic carbocycles. The molecule has 1 aliphatic rings. The summed E-state index contributed by atoms with van der Waals surface area (Å²) in [6.07, 6.45) is 7.86. The Labute approximate surface area is 147 Å². The molecule has 1 aromatic heterocycles. The summed E-state index contributed by atoms with van der Waals surface area (Å²) in [6.45, 7) is 0. The minimum Gasteiger partial charge on any atom is -0.361 e. The molecule has 0 saturated heterocycles. The van der Waals surface area contributed by atoms with Crippen LogP contribution >= 0.6 is 0 Å². The highest BCUT2D eigenvalue weighted by molar-refractivity contribution is 6.04. The summed E-state index contributed by atoms with van der Waals surface area (Å²) in [4.78, 5) is 27.9. The zero-order valence-electron chi connectivity index (χ0n) is 14.3. The molecule has 130 valence electrons. The number of carbonyl (C=O) groups excluding carboxylic acids is 2. The maximum Gasteiger partial charge on any atom is 0.245 e. The van der Waals surface area contributed by atoms with Crippen LogP contribution in [0.4, 0.5) is 0 Å². The molecule has 0 radical (unpaired) electrons. The number of nitriles is 1. The minimum absolute atomic E-state index is 0.110. The molecule has 0 aliphatic heterocycles. The highest BCUT2D eigenvalue weighted by atomic mass is 16.2. The van der Waals surface area contributed by atoms with Crippen LogP contribution in [-0.2, 0) is 16.0 Å². The topological polar surface area (TPSA) is 85.8 Å². The van der Waals surface area contributed by atoms with Gasteiger partial charge in [-0.1, -0.05) is 37.5 Å². The maximum absolute atomic E-state index is 12.4. The number of aromatic nitrogens is 1. The van der Waals surface area contributed by atoms with E-state index in [0.717, 1.165) is 42.1 Å². The maximum atomic E-state index is 12.4. The number of hydrogen-bond acceptors (Lipinski definition) is 3. The van der Waals surface area contributed by atoms with Crippen molar-refractivity contribution in [3.63, 3.8) is 0 Å². The van der Waals surface area contributed by atoms with Crippen LogP contribution in [0.5, 0.6) is 0 Å². The lowest BCUT2D eigenvalue weighted by atomic mass is 9.93. The van der Waals surface area contributed by atoms with Crippen LogP contribution < -0.4 is 5.32 Å². The van der Waals surface area contributed by atoms with Crippen LogP contribution in [0.2, 0.25) is 0 Å². The number of rotatable bonds is 6. The van der Waals surface area contributed by atoms with Crippen molar-refractivity contribution in [1.29, 1.82) is 5.26 Å². The van der Waals surface area contributed by atoms with Gasteiger partial charge < -0.3 is 10.3 Å². The van der Waals surface area contributed by atoms with Gasteiger partial charge in [-0.25, -0.2) is 0 Å². The molecule has 0 unspecified atom stereocenters. The Balaban J connectivity index is 1.58. The Morgan fingerprint density at radius 2 is 2.00 bits per heavy atom. The van der Waals surface area contributed by atoms with E-state index in [0.29, 0.717) is 6.42 Å². The normalized spacial score (nSPS) is 16.3. The summed E-state index contributed by atoms with van der Waals surface area (Å²) in [6, 6.07) is 9.89. The van der Waals surface area contributed by atoms with E-state index in [-0.39, 0.29) is 18.2 Å². The number of aromatic amines is 1. The Hall–Kier alpha value is -2.61. The Morgan fingerprint density at radius 3 is 2.76 bits per heavy atom. The first kappa shape index (κ1) is 17.2. The predicted molar refractivity (Wildman–Crippen MR) is 95.7 cm³/mol. The van der Waals surface area contributed by atoms with Gasteiger partial charge in [0, 0.05) is 29.6 Å². The van der Waals surface area contributed by atoms with Crippen LogP contribution in [0, 0.1) is 17.2 Å². The number of Topliss-reactive ketones (excluding diaryl/α,β-unsaturated/α-hetero) is 1. The zero-order valence-corrected chi connectivity index (χ0v) is 14.3. The second-order valence-electron chi connectivity index (χ2n) is 6.73. The summed E-state index contributed by atoms with van der Waals surface area (Å²) >= 11 is 0. The van der Waals surface area contributed by atoms with Gasteiger partial charge in [-0.2, -0.15) is 5.26 Å². The van der Waals surface area contributed by atoms with Crippen LogP contribution in [0.15, 0.2) is 30.5 Å². The van der Waals surface area contributed by atoms with Crippen molar-refractivity contribution in [1.82, 2.24) is 10.3 Å². The first-order valence-electron chi connectivity index (χ1n) is 8.96. The Bertz CT molecular complexity index is 797. The monoisotopic (exact) mass is 337 g/mol. The molecule has 1 amide bonds. The van der Waals surface area contributed by atoms with Crippen molar-refractivity contribution in [2.75, 3.05) is 0 Å². The number of amides is 1. The van der Waals surface area contributed by atoms with Gasteiger partial charge in [0.05, 0.1) is 6.07 Å². The van der Waals surface area contributed by atoms with Gasteiger partial charge in [-0.15, -0.1) is 0 Å². The van der Waals surface area contributed by atoms with E-state index in [1.54, 1.807) is 0 Å². The third-order valence-electron chi connectivity index (χ3n) is 4.98. The summed E-state index contributed by atoms with van der Waals surface area (Å²) in [5.41, 5.74) is 2.06. The van der Waals surface area contributed by atoms with Gasteiger partial charge in [0.1, 0.15) is 0 Å². The standard InChI is InChI=1S/C20H23N3O2/c21-12-17(20(25)23-15-6-2-1-3-7-15)19(24)11-10-14-13-22-18-9-5-4-8-16(14)18/h4-5,8-9,13,15,17,22H,1-3,6-7,10-11H2,(H,23,25)/t17-/m0/s1. The van der Waals surface area contributed by atoms with Gasteiger partial charge in [0.2, 0.25) is 5.91 Å². The van der Waals surface area contributed by atoms with Gasteiger partial charge in [-0.05, 0) is 30.9 Å². The third kappa shape index (κ3) is 4.08. The summed E-state index contributed by atoms with van der Waals surface area (Å²) < 4.78 is 0. The molecule has 1 aromatic carbocycles. The van der Waals surface area contributed by atoms with E-state index >= 15 is 0 Å². The summed E-state index contributed by atoms with van der Waals surface area (Å²) in [7, 11) is 0. The largest absolute Gasteiger partial charge is 0.361 e. The highest BCUT2D eigenvalue weighted by Crippen LogP contribution is 2.20. The average molecular weight is 337 g/mol. The summed E-state index contributed by atoms with van der Waals surface area (Å²) in [5.74, 6) is -1.94. The van der Waals surface area contributed by atoms with Crippen LogP contribution in [0.25, 0.3) is 10.9 Å². The van der Waals surface area contributed by atoms with Crippen LogP contribution in [0.1, 0.15) is 44.1 Å². The number of hydrogen-bond donors (Lipinski definition) is 2. The van der Waals surface area contributed by atoms with Gasteiger partial charge in [-0.3, -0.25) is 9.59 Å². The van der Waals surface area contributed by atoms with E-state index in [1.165, 1.54) is 6.42 Å². The number of fused-ring (bicyclic) bond motifs is 1. The van der Waals surface area contributed by atoms with E-state index in [1.807, 2.05) is 36.5 Å². The van der Waals surface area contributed by atoms with Crippen molar-refractivity contribution in [2.45, 2.75) is 51.0 Å². The van der Waals surface area contributed by atoms with E-state index < -0.39 is 11.8 Å². The number of ketones is 1. The first-order chi connectivity index (χ1) is 12.2. The molecule has 2 aromatic rings. The van der Waals surface area contributed by atoms with E-state index in [9.17, 15) is 14.9 Å². The fourth-order valence-electron chi connectivity index (χ4n) is 3.55. The highest BCUT2D eigenvalue weighted by Gasteiger charge is 2.28. The number of nitrogens with zero attached hydrogens (tertiary/aromatic N) is 1. The van der Waals surface area contributed by atoms with E-state index in [2.05, 4.69) is 10.3 Å². The third-order valence-corrected chi connectivity index (χ3v) is 4.98. The number of aryl methyl sites for hydroxylation is 1. The first-order valence-corrected chi connectivity index (χ1v) is 8.96. The Kier molecular flexibility index (Phi) is 5.49. The Morgan fingerprint density at radius 1 is 1.24 bits per heavy atom. The second-order valence-corrected chi connectivity index (χ2v) is 6.73. The quantitative estimate of drug-likeness (QED) is 0.793. The molecule has 5 nitrogen and oxygen atoms in total. The number of benzene rings is 1. The summed E-state index contributed by atoms with van der Waals surface area (Å²) in [5, 5.41) is 13.3. The molecule has 0 spiro atoms. The van der Waals surface area contributed by atoms with Gasteiger partial charge >= 0.3 is 0 Å². The second kappa shape index (κ2) is 7.98. The molecule has 1 fully saturated rings.